The van der Waals surface area contributed by atoms with Gasteiger partial charge < -0.3 is 15.3 Å². The number of β-amino-alcohol motifs (C(OH)–C–C–N with tert-alkyl or cyclic N) is 1. The summed E-state index contributed by atoms with van der Waals surface area (Å²) in [6.07, 6.45) is 0. The lowest BCUT2D eigenvalue weighted by Crippen LogP contribution is -2.43. The number of nitriles is 1. The molecule has 2 unspecified atom stereocenters. The van der Waals surface area contributed by atoms with Gasteiger partial charge in [0.1, 0.15) is 6.07 Å². The molecule has 1 fully saturated rings. The highest BCUT2D eigenvalue weighted by Crippen LogP contribution is 2.23. The fourth-order valence-electron chi connectivity index (χ4n) is 2.35. The van der Waals surface area contributed by atoms with E-state index in [-0.39, 0.29) is 6.04 Å². The monoisotopic (exact) mass is 245 g/mol. The van der Waals surface area contributed by atoms with Crippen LogP contribution in [0.25, 0.3) is 0 Å². The van der Waals surface area contributed by atoms with E-state index in [2.05, 4.69) is 23.2 Å². The molecule has 1 aliphatic rings. The van der Waals surface area contributed by atoms with Crippen molar-refractivity contribution in [3.05, 3.63) is 29.8 Å². The Hall–Kier alpha value is -1.57. The fraction of sp³-hybridized carbons (Fsp3) is 0.500. The van der Waals surface area contributed by atoms with Crippen LogP contribution >= 0.6 is 0 Å². The van der Waals surface area contributed by atoms with Crippen molar-refractivity contribution in [1.82, 2.24) is 5.32 Å². The van der Waals surface area contributed by atoms with Gasteiger partial charge in [0.2, 0.25) is 0 Å². The summed E-state index contributed by atoms with van der Waals surface area (Å²) in [5, 5.41) is 22.7. The van der Waals surface area contributed by atoms with Crippen molar-refractivity contribution in [3.8, 4) is 6.07 Å². The van der Waals surface area contributed by atoms with E-state index >= 15 is 0 Å². The molecular formula is C14H19N3O. The maximum Gasteiger partial charge on any atom is 0.101 e. The van der Waals surface area contributed by atoms with Crippen molar-refractivity contribution >= 4 is 5.69 Å². The Labute approximate surface area is 108 Å². The number of benzene rings is 1. The predicted molar refractivity (Wildman–Crippen MR) is 71.5 cm³/mol. The second-order valence-corrected chi connectivity index (χ2v) is 5.29. The van der Waals surface area contributed by atoms with E-state index in [0.717, 1.165) is 12.2 Å². The van der Waals surface area contributed by atoms with Crippen LogP contribution in [0.15, 0.2) is 24.3 Å². The van der Waals surface area contributed by atoms with E-state index < -0.39 is 5.60 Å². The number of nitrogens with zero attached hydrogens (tertiary/aromatic N) is 2. The van der Waals surface area contributed by atoms with Gasteiger partial charge in [-0.15, -0.1) is 0 Å². The summed E-state index contributed by atoms with van der Waals surface area (Å²) in [6, 6.07) is 10.0. The van der Waals surface area contributed by atoms with Crippen LogP contribution in [0.5, 0.6) is 0 Å². The molecule has 4 nitrogen and oxygen atoms in total. The molecule has 1 aromatic carbocycles. The summed E-state index contributed by atoms with van der Waals surface area (Å²) >= 11 is 0. The summed E-state index contributed by atoms with van der Waals surface area (Å²) < 4.78 is 0. The van der Waals surface area contributed by atoms with Crippen molar-refractivity contribution in [3.63, 3.8) is 0 Å². The molecule has 0 aliphatic carbocycles. The molecule has 2 rings (SSSR count). The Kier molecular flexibility index (Phi) is 3.55. The van der Waals surface area contributed by atoms with Crippen molar-refractivity contribution in [2.24, 2.45) is 0 Å². The minimum atomic E-state index is -0.784. The lowest BCUT2D eigenvalue weighted by Gasteiger charge is -2.30. The van der Waals surface area contributed by atoms with E-state index in [1.807, 2.05) is 31.2 Å². The summed E-state index contributed by atoms with van der Waals surface area (Å²) in [5.74, 6) is 0. The molecule has 2 atom stereocenters. The minimum Gasteiger partial charge on any atom is -0.387 e. The Balaban J connectivity index is 2.33. The Morgan fingerprint density at radius 1 is 1.50 bits per heavy atom. The summed E-state index contributed by atoms with van der Waals surface area (Å²) in [5.41, 5.74) is 0.770. The van der Waals surface area contributed by atoms with Crippen molar-refractivity contribution < 1.29 is 5.11 Å². The Morgan fingerprint density at radius 2 is 2.22 bits per heavy atom. The Morgan fingerprint density at radius 3 is 2.94 bits per heavy atom. The molecule has 0 spiro atoms. The van der Waals surface area contributed by atoms with Gasteiger partial charge in [-0.25, -0.2) is 0 Å². The zero-order valence-corrected chi connectivity index (χ0v) is 10.8. The van der Waals surface area contributed by atoms with Crippen LogP contribution in [-0.2, 0) is 0 Å². The standard InChI is InChI=1S/C14H19N3O/c1-11-8-17(10-14(2,18)9-16-11)13-6-4-3-5-12(13)7-15/h3-6,11,16,18H,8-10H2,1-2H3. The molecule has 4 heteroatoms. The predicted octanol–water partition coefficient (Wildman–Crippen LogP) is 1.11. The van der Waals surface area contributed by atoms with Crippen LogP contribution in [0.1, 0.15) is 19.4 Å². The van der Waals surface area contributed by atoms with Gasteiger partial charge in [0, 0.05) is 25.7 Å². The first-order valence-electron chi connectivity index (χ1n) is 6.22. The second kappa shape index (κ2) is 4.97. The van der Waals surface area contributed by atoms with Crippen LogP contribution in [0.3, 0.4) is 0 Å². The summed E-state index contributed by atoms with van der Waals surface area (Å²) in [4.78, 5) is 2.09. The number of anilines is 1. The molecule has 2 N–H and O–H groups in total. The molecule has 0 radical (unpaired) electrons. The molecule has 0 aromatic heterocycles. The van der Waals surface area contributed by atoms with E-state index in [4.69, 9.17) is 5.26 Å². The Bertz CT molecular complexity index is 464. The molecule has 1 heterocycles. The van der Waals surface area contributed by atoms with Crippen LogP contribution in [-0.4, -0.2) is 36.4 Å². The number of nitrogens with one attached hydrogen (secondary N) is 1. The molecular weight excluding hydrogens is 226 g/mol. The van der Waals surface area contributed by atoms with E-state index in [1.54, 1.807) is 0 Å². The average molecular weight is 245 g/mol. The first kappa shape index (κ1) is 12.9. The zero-order chi connectivity index (χ0) is 13.2. The molecule has 0 amide bonds. The highest BCUT2D eigenvalue weighted by atomic mass is 16.3. The third-order valence-electron chi connectivity index (χ3n) is 3.22. The van der Waals surface area contributed by atoms with Gasteiger partial charge in [0.05, 0.1) is 16.9 Å². The van der Waals surface area contributed by atoms with Gasteiger partial charge in [-0.1, -0.05) is 12.1 Å². The number of para-hydroxylation sites is 1. The van der Waals surface area contributed by atoms with E-state index in [1.165, 1.54) is 0 Å². The first-order valence-corrected chi connectivity index (χ1v) is 6.22. The third-order valence-corrected chi connectivity index (χ3v) is 3.22. The van der Waals surface area contributed by atoms with Gasteiger partial charge in [-0.05, 0) is 26.0 Å². The quantitative estimate of drug-likeness (QED) is 0.778. The molecule has 18 heavy (non-hydrogen) atoms. The van der Waals surface area contributed by atoms with Gasteiger partial charge >= 0.3 is 0 Å². The highest BCUT2D eigenvalue weighted by molar-refractivity contribution is 5.59. The first-order chi connectivity index (χ1) is 8.52. The number of aliphatic hydroxyl groups is 1. The molecule has 0 bridgehead atoms. The van der Waals surface area contributed by atoms with Gasteiger partial charge in [0.25, 0.3) is 0 Å². The molecule has 0 saturated carbocycles. The smallest absolute Gasteiger partial charge is 0.101 e. The highest BCUT2D eigenvalue weighted by Gasteiger charge is 2.29. The minimum absolute atomic E-state index is 0.283. The molecule has 1 saturated heterocycles. The van der Waals surface area contributed by atoms with Crippen molar-refractivity contribution in [2.75, 3.05) is 24.5 Å². The zero-order valence-electron chi connectivity index (χ0n) is 10.8. The number of rotatable bonds is 1. The average Bonchev–Trinajstić information content (AvgIpc) is 2.48. The third kappa shape index (κ3) is 2.81. The molecule has 96 valence electrons. The normalized spacial score (nSPS) is 28.6. The van der Waals surface area contributed by atoms with Crippen LogP contribution in [0.4, 0.5) is 5.69 Å². The van der Waals surface area contributed by atoms with E-state index in [9.17, 15) is 5.11 Å². The summed E-state index contributed by atoms with van der Waals surface area (Å²) in [6.45, 7) is 5.79. The topological polar surface area (TPSA) is 59.3 Å². The lowest BCUT2D eigenvalue weighted by atomic mass is 10.1. The number of hydrogen-bond acceptors (Lipinski definition) is 4. The van der Waals surface area contributed by atoms with Gasteiger partial charge in [-0.2, -0.15) is 5.26 Å². The maximum absolute atomic E-state index is 10.3. The van der Waals surface area contributed by atoms with Crippen LogP contribution in [0, 0.1) is 11.3 Å². The van der Waals surface area contributed by atoms with E-state index in [0.29, 0.717) is 18.7 Å². The SMILES string of the molecule is CC1CN(c2ccccc2C#N)CC(C)(O)CN1. The summed E-state index contributed by atoms with van der Waals surface area (Å²) in [7, 11) is 0. The maximum atomic E-state index is 10.3. The van der Waals surface area contributed by atoms with Crippen LogP contribution in [0.2, 0.25) is 0 Å². The van der Waals surface area contributed by atoms with Crippen molar-refractivity contribution in [2.45, 2.75) is 25.5 Å². The van der Waals surface area contributed by atoms with Crippen molar-refractivity contribution in [1.29, 1.82) is 5.26 Å². The van der Waals surface area contributed by atoms with Crippen LogP contribution < -0.4 is 10.2 Å². The second-order valence-electron chi connectivity index (χ2n) is 5.29. The van der Waals surface area contributed by atoms with Gasteiger partial charge in [0.15, 0.2) is 0 Å². The number of hydrogen-bond donors (Lipinski definition) is 2. The largest absolute Gasteiger partial charge is 0.387 e. The molecule has 1 aromatic rings. The lowest BCUT2D eigenvalue weighted by molar-refractivity contribution is 0.0718. The fourth-order valence-corrected chi connectivity index (χ4v) is 2.35. The van der Waals surface area contributed by atoms with Gasteiger partial charge in [-0.3, -0.25) is 0 Å². The molecule has 1 aliphatic heterocycles.